The Balaban J connectivity index is 1.95. The Labute approximate surface area is 139 Å². The first kappa shape index (κ1) is 15.7. The number of para-hydroxylation sites is 2. The van der Waals surface area contributed by atoms with E-state index in [0.717, 1.165) is 0 Å². The van der Waals surface area contributed by atoms with E-state index in [9.17, 15) is 4.79 Å². The summed E-state index contributed by atoms with van der Waals surface area (Å²) in [5.74, 6) is 0.203. The Kier molecular flexibility index (Phi) is 4.54. The molecule has 120 valence electrons. The Morgan fingerprint density at radius 3 is 2.79 bits per heavy atom. The lowest BCUT2D eigenvalue weighted by molar-refractivity contribution is -0.0286. The molecule has 1 N–H and O–H groups in total. The SMILES string of the molecule is CCOC1Oc2ccccc2C(=O)/C1=N\Nc1ccccc1C#N. The third-order valence-corrected chi connectivity index (χ3v) is 3.48. The van der Waals surface area contributed by atoms with Crippen LogP contribution < -0.4 is 10.2 Å². The molecule has 0 aromatic heterocycles. The summed E-state index contributed by atoms with van der Waals surface area (Å²) in [4.78, 5) is 12.7. The van der Waals surface area contributed by atoms with Gasteiger partial charge in [-0.2, -0.15) is 10.4 Å². The second-order valence-corrected chi connectivity index (χ2v) is 5.00. The van der Waals surface area contributed by atoms with Crippen molar-refractivity contribution in [3.05, 3.63) is 59.7 Å². The number of carbonyl (C=O) groups is 1. The summed E-state index contributed by atoms with van der Waals surface area (Å²) in [7, 11) is 0. The van der Waals surface area contributed by atoms with Crippen LogP contribution in [0.1, 0.15) is 22.8 Å². The number of hydrogen-bond donors (Lipinski definition) is 1. The number of nitriles is 1. The van der Waals surface area contributed by atoms with E-state index in [4.69, 9.17) is 14.7 Å². The highest BCUT2D eigenvalue weighted by molar-refractivity contribution is 6.48. The zero-order chi connectivity index (χ0) is 16.9. The van der Waals surface area contributed by atoms with Crippen LogP contribution in [0.25, 0.3) is 0 Å². The minimum atomic E-state index is -0.890. The van der Waals surface area contributed by atoms with Gasteiger partial charge in [-0.05, 0) is 31.2 Å². The molecule has 0 saturated heterocycles. The molecule has 6 heteroatoms. The van der Waals surface area contributed by atoms with Crippen molar-refractivity contribution < 1.29 is 14.3 Å². The molecule has 0 saturated carbocycles. The summed E-state index contributed by atoms with van der Waals surface area (Å²) in [6, 6.07) is 15.9. The Morgan fingerprint density at radius 1 is 1.25 bits per heavy atom. The molecule has 6 nitrogen and oxygen atoms in total. The number of nitrogens with one attached hydrogen (secondary N) is 1. The molecule has 0 amide bonds. The number of carbonyl (C=O) groups excluding carboxylic acids is 1. The lowest BCUT2D eigenvalue weighted by Gasteiger charge is -2.25. The normalized spacial score (nSPS) is 17.8. The molecule has 0 radical (unpaired) electrons. The van der Waals surface area contributed by atoms with E-state index in [-0.39, 0.29) is 11.5 Å². The van der Waals surface area contributed by atoms with Crippen molar-refractivity contribution in [1.82, 2.24) is 0 Å². The maximum absolute atomic E-state index is 12.7. The zero-order valence-corrected chi connectivity index (χ0v) is 13.0. The predicted octanol–water partition coefficient (Wildman–Crippen LogP) is 2.96. The van der Waals surface area contributed by atoms with Crippen molar-refractivity contribution in [2.75, 3.05) is 12.0 Å². The molecule has 0 spiro atoms. The van der Waals surface area contributed by atoms with Crippen LogP contribution in [0.15, 0.2) is 53.6 Å². The van der Waals surface area contributed by atoms with E-state index < -0.39 is 6.29 Å². The van der Waals surface area contributed by atoms with Gasteiger partial charge in [0.15, 0.2) is 5.71 Å². The van der Waals surface area contributed by atoms with Gasteiger partial charge in [-0.3, -0.25) is 10.2 Å². The van der Waals surface area contributed by atoms with Crippen molar-refractivity contribution in [2.45, 2.75) is 13.2 Å². The number of Topliss-reactive ketones (excluding diaryl/α,β-unsaturated/α-hetero) is 1. The topological polar surface area (TPSA) is 83.7 Å². The van der Waals surface area contributed by atoms with Gasteiger partial charge >= 0.3 is 0 Å². The Morgan fingerprint density at radius 2 is 2.00 bits per heavy atom. The molecule has 0 fully saturated rings. The fourth-order valence-corrected chi connectivity index (χ4v) is 2.34. The van der Waals surface area contributed by atoms with Crippen LogP contribution in [0.4, 0.5) is 5.69 Å². The second kappa shape index (κ2) is 6.94. The number of fused-ring (bicyclic) bond motifs is 1. The van der Waals surface area contributed by atoms with Gasteiger partial charge in [0.1, 0.15) is 11.8 Å². The van der Waals surface area contributed by atoms with Gasteiger partial charge in [0.05, 0.1) is 16.8 Å². The van der Waals surface area contributed by atoms with Crippen LogP contribution >= 0.6 is 0 Å². The van der Waals surface area contributed by atoms with Gasteiger partial charge < -0.3 is 9.47 Å². The number of benzene rings is 2. The summed E-state index contributed by atoms with van der Waals surface area (Å²) in [6.45, 7) is 2.18. The highest BCUT2D eigenvalue weighted by Gasteiger charge is 2.34. The molecule has 1 heterocycles. The molecule has 1 atom stereocenters. The highest BCUT2D eigenvalue weighted by Crippen LogP contribution is 2.27. The number of anilines is 1. The molecular weight excluding hydrogens is 306 g/mol. The second-order valence-electron chi connectivity index (χ2n) is 5.00. The molecule has 2 aromatic rings. The first-order chi connectivity index (χ1) is 11.7. The van der Waals surface area contributed by atoms with E-state index in [2.05, 4.69) is 16.6 Å². The van der Waals surface area contributed by atoms with E-state index >= 15 is 0 Å². The van der Waals surface area contributed by atoms with E-state index in [1.165, 1.54) is 0 Å². The fourth-order valence-electron chi connectivity index (χ4n) is 2.34. The molecule has 24 heavy (non-hydrogen) atoms. The monoisotopic (exact) mass is 321 g/mol. The number of ketones is 1. The zero-order valence-electron chi connectivity index (χ0n) is 13.0. The van der Waals surface area contributed by atoms with Crippen molar-refractivity contribution in [3.63, 3.8) is 0 Å². The summed E-state index contributed by atoms with van der Waals surface area (Å²) in [5, 5.41) is 13.3. The highest BCUT2D eigenvalue weighted by atomic mass is 16.7. The van der Waals surface area contributed by atoms with Crippen LogP contribution in [-0.2, 0) is 4.74 Å². The summed E-state index contributed by atoms with van der Waals surface area (Å²) < 4.78 is 11.2. The summed E-state index contributed by atoms with van der Waals surface area (Å²) in [5.41, 5.74) is 4.25. The molecule has 3 rings (SSSR count). The lowest BCUT2D eigenvalue weighted by Crippen LogP contribution is -2.40. The van der Waals surface area contributed by atoms with Crippen LogP contribution in [0.3, 0.4) is 0 Å². The quantitative estimate of drug-likeness (QED) is 0.875. The number of hydrogen-bond acceptors (Lipinski definition) is 6. The molecular formula is C18H15N3O3. The van der Waals surface area contributed by atoms with E-state index in [0.29, 0.717) is 29.2 Å². The van der Waals surface area contributed by atoms with Gasteiger partial charge in [0.25, 0.3) is 0 Å². The average Bonchev–Trinajstić information content (AvgIpc) is 2.62. The third-order valence-electron chi connectivity index (χ3n) is 3.48. The lowest BCUT2D eigenvalue weighted by atomic mass is 10.0. The predicted molar refractivity (Wildman–Crippen MR) is 89.0 cm³/mol. The molecule has 1 aliphatic heterocycles. The largest absolute Gasteiger partial charge is 0.458 e. The smallest absolute Gasteiger partial charge is 0.249 e. The Hall–Kier alpha value is -3.17. The van der Waals surface area contributed by atoms with Gasteiger partial charge in [0.2, 0.25) is 12.1 Å². The maximum atomic E-state index is 12.7. The van der Waals surface area contributed by atoms with Crippen LogP contribution in [0.5, 0.6) is 5.75 Å². The number of ether oxygens (including phenoxy) is 2. The van der Waals surface area contributed by atoms with Crippen molar-refractivity contribution >= 4 is 17.2 Å². The molecule has 1 unspecified atom stereocenters. The van der Waals surface area contributed by atoms with Gasteiger partial charge in [0, 0.05) is 6.61 Å². The van der Waals surface area contributed by atoms with Crippen LogP contribution in [0.2, 0.25) is 0 Å². The molecule has 0 aliphatic carbocycles. The average molecular weight is 321 g/mol. The molecule has 1 aliphatic rings. The number of hydrazone groups is 1. The van der Waals surface area contributed by atoms with E-state index in [1.54, 1.807) is 48.5 Å². The maximum Gasteiger partial charge on any atom is 0.249 e. The van der Waals surface area contributed by atoms with Gasteiger partial charge in [-0.15, -0.1) is 0 Å². The number of nitrogens with zero attached hydrogens (tertiary/aromatic N) is 2. The minimum absolute atomic E-state index is 0.114. The fraction of sp³-hybridized carbons (Fsp3) is 0.167. The van der Waals surface area contributed by atoms with Crippen molar-refractivity contribution in [2.24, 2.45) is 5.10 Å². The van der Waals surface area contributed by atoms with Crippen LogP contribution in [0, 0.1) is 11.3 Å². The van der Waals surface area contributed by atoms with Crippen molar-refractivity contribution in [3.8, 4) is 11.8 Å². The van der Waals surface area contributed by atoms with E-state index in [1.807, 2.05) is 6.92 Å². The number of rotatable bonds is 4. The summed E-state index contributed by atoms with van der Waals surface area (Å²) >= 11 is 0. The first-order valence-corrected chi connectivity index (χ1v) is 7.49. The Bertz CT molecular complexity index is 839. The summed E-state index contributed by atoms with van der Waals surface area (Å²) in [6.07, 6.45) is -0.890. The standard InChI is InChI=1S/C18H15N3O3/c1-2-23-18-16(17(22)13-8-4-6-10-15(13)24-18)21-20-14-9-5-3-7-12(14)11-19/h3-10,18,20H,2H2,1H3/b21-16+. The third kappa shape index (κ3) is 2.98. The molecule has 0 bridgehead atoms. The van der Waals surface area contributed by atoms with Gasteiger partial charge in [-0.1, -0.05) is 24.3 Å². The van der Waals surface area contributed by atoms with Crippen LogP contribution in [-0.4, -0.2) is 24.4 Å². The van der Waals surface area contributed by atoms with Crippen molar-refractivity contribution in [1.29, 1.82) is 5.26 Å². The van der Waals surface area contributed by atoms with Gasteiger partial charge in [-0.25, -0.2) is 0 Å². The minimum Gasteiger partial charge on any atom is -0.458 e. The first-order valence-electron chi connectivity index (χ1n) is 7.49. The molecule has 2 aromatic carbocycles.